The SMILES string of the molecule is O=C(c1cscn1)N1CC[C@H]2CN(CC3CCOC3)C[C@H]21. The molecule has 1 aromatic heterocycles. The molecule has 0 aromatic carbocycles. The number of amides is 1. The standard InChI is InChI=1S/C15H21N3O2S/c19-15(13-9-21-10-16-13)18-3-1-12-6-17(7-14(12)18)5-11-2-4-20-8-11/h9-12,14H,1-8H2/t11?,12-,14+/m0/s1. The molecule has 3 aliphatic heterocycles. The Balaban J connectivity index is 1.40. The molecule has 3 fully saturated rings. The van der Waals surface area contributed by atoms with Gasteiger partial charge in [0.2, 0.25) is 0 Å². The summed E-state index contributed by atoms with van der Waals surface area (Å²) in [6.07, 6.45) is 2.32. The lowest BCUT2D eigenvalue weighted by Crippen LogP contribution is -2.40. The number of nitrogens with zero attached hydrogens (tertiary/aromatic N) is 3. The normalized spacial score (nSPS) is 32.8. The fourth-order valence-electron chi connectivity index (χ4n) is 4.01. The first kappa shape index (κ1) is 13.7. The lowest BCUT2D eigenvalue weighted by Gasteiger charge is -2.25. The van der Waals surface area contributed by atoms with Crippen molar-refractivity contribution in [2.24, 2.45) is 11.8 Å². The monoisotopic (exact) mass is 307 g/mol. The van der Waals surface area contributed by atoms with Crippen molar-refractivity contribution in [3.63, 3.8) is 0 Å². The van der Waals surface area contributed by atoms with E-state index in [0.717, 1.165) is 45.8 Å². The van der Waals surface area contributed by atoms with Gasteiger partial charge in [-0.25, -0.2) is 4.98 Å². The fourth-order valence-corrected chi connectivity index (χ4v) is 4.53. The minimum atomic E-state index is 0.120. The van der Waals surface area contributed by atoms with Gasteiger partial charge in [-0.05, 0) is 24.7 Å². The van der Waals surface area contributed by atoms with E-state index in [0.29, 0.717) is 23.6 Å². The Hall–Kier alpha value is -0.980. The van der Waals surface area contributed by atoms with Gasteiger partial charge in [0.25, 0.3) is 5.91 Å². The van der Waals surface area contributed by atoms with Crippen molar-refractivity contribution in [1.29, 1.82) is 0 Å². The molecule has 4 rings (SSSR count). The summed E-state index contributed by atoms with van der Waals surface area (Å²) < 4.78 is 5.47. The number of rotatable bonds is 3. The van der Waals surface area contributed by atoms with Gasteiger partial charge < -0.3 is 14.5 Å². The van der Waals surface area contributed by atoms with Crippen molar-refractivity contribution in [2.45, 2.75) is 18.9 Å². The van der Waals surface area contributed by atoms with E-state index in [9.17, 15) is 4.79 Å². The van der Waals surface area contributed by atoms with Crippen LogP contribution in [0.2, 0.25) is 0 Å². The number of carbonyl (C=O) groups excluding carboxylic acids is 1. The topological polar surface area (TPSA) is 45.7 Å². The lowest BCUT2D eigenvalue weighted by molar-refractivity contribution is 0.0719. The van der Waals surface area contributed by atoms with Gasteiger partial charge in [0.15, 0.2) is 0 Å². The molecule has 0 radical (unpaired) electrons. The Bertz CT molecular complexity index is 501. The maximum atomic E-state index is 12.5. The molecule has 1 unspecified atom stereocenters. The smallest absolute Gasteiger partial charge is 0.273 e. The summed E-state index contributed by atoms with van der Waals surface area (Å²) in [5.74, 6) is 1.45. The van der Waals surface area contributed by atoms with Gasteiger partial charge in [0, 0.05) is 44.2 Å². The van der Waals surface area contributed by atoms with Crippen LogP contribution in [0.3, 0.4) is 0 Å². The quantitative estimate of drug-likeness (QED) is 0.845. The fraction of sp³-hybridized carbons (Fsp3) is 0.733. The van der Waals surface area contributed by atoms with E-state index in [-0.39, 0.29) is 5.91 Å². The van der Waals surface area contributed by atoms with Gasteiger partial charge in [-0.2, -0.15) is 0 Å². The average Bonchev–Trinajstić information content (AvgIpc) is 3.24. The largest absolute Gasteiger partial charge is 0.381 e. The Kier molecular flexibility index (Phi) is 3.69. The number of thiazole rings is 1. The van der Waals surface area contributed by atoms with Crippen molar-refractivity contribution in [3.8, 4) is 0 Å². The molecule has 4 heterocycles. The molecule has 114 valence electrons. The molecule has 1 aromatic rings. The molecule has 6 heteroatoms. The predicted octanol–water partition coefficient (Wildman–Crippen LogP) is 1.33. The van der Waals surface area contributed by atoms with Gasteiger partial charge in [-0.1, -0.05) is 0 Å². The Morgan fingerprint density at radius 3 is 3.14 bits per heavy atom. The highest BCUT2D eigenvalue weighted by molar-refractivity contribution is 7.07. The second-order valence-electron chi connectivity index (χ2n) is 6.44. The van der Waals surface area contributed by atoms with Gasteiger partial charge in [-0.15, -0.1) is 11.3 Å². The van der Waals surface area contributed by atoms with Crippen LogP contribution < -0.4 is 0 Å². The first-order valence-corrected chi connectivity index (χ1v) is 8.75. The summed E-state index contributed by atoms with van der Waals surface area (Å²) in [6.45, 7) is 6.02. The molecule has 3 aliphatic rings. The van der Waals surface area contributed by atoms with Crippen LogP contribution in [0.1, 0.15) is 23.3 Å². The van der Waals surface area contributed by atoms with E-state index in [1.54, 1.807) is 5.51 Å². The van der Waals surface area contributed by atoms with Crippen molar-refractivity contribution < 1.29 is 9.53 Å². The number of hydrogen-bond donors (Lipinski definition) is 0. The zero-order chi connectivity index (χ0) is 14.2. The summed E-state index contributed by atoms with van der Waals surface area (Å²) in [4.78, 5) is 21.3. The molecule has 21 heavy (non-hydrogen) atoms. The molecule has 3 saturated heterocycles. The molecule has 0 N–H and O–H groups in total. The second kappa shape index (κ2) is 5.66. The van der Waals surface area contributed by atoms with Crippen LogP contribution >= 0.6 is 11.3 Å². The van der Waals surface area contributed by atoms with E-state index in [2.05, 4.69) is 14.8 Å². The summed E-state index contributed by atoms with van der Waals surface area (Å²) in [5.41, 5.74) is 2.35. The number of hydrogen-bond acceptors (Lipinski definition) is 5. The van der Waals surface area contributed by atoms with E-state index in [1.807, 2.05) is 5.38 Å². The maximum Gasteiger partial charge on any atom is 0.273 e. The first-order valence-electron chi connectivity index (χ1n) is 7.80. The number of aromatic nitrogens is 1. The van der Waals surface area contributed by atoms with E-state index >= 15 is 0 Å². The first-order chi connectivity index (χ1) is 10.3. The molecule has 0 aliphatic carbocycles. The van der Waals surface area contributed by atoms with Gasteiger partial charge in [0.1, 0.15) is 5.69 Å². The van der Waals surface area contributed by atoms with Crippen molar-refractivity contribution in [3.05, 3.63) is 16.6 Å². The molecule has 0 saturated carbocycles. The molecular formula is C15H21N3O2S. The minimum Gasteiger partial charge on any atom is -0.381 e. The number of likely N-dealkylation sites (tertiary alicyclic amines) is 2. The summed E-state index contributed by atoms with van der Waals surface area (Å²) >= 11 is 1.49. The number of fused-ring (bicyclic) bond motifs is 1. The minimum absolute atomic E-state index is 0.120. The van der Waals surface area contributed by atoms with Crippen LogP contribution in [-0.2, 0) is 4.74 Å². The van der Waals surface area contributed by atoms with Crippen LogP contribution in [-0.4, -0.2) is 66.1 Å². The second-order valence-corrected chi connectivity index (χ2v) is 7.16. The van der Waals surface area contributed by atoms with E-state index in [4.69, 9.17) is 4.74 Å². The van der Waals surface area contributed by atoms with Gasteiger partial charge in [-0.3, -0.25) is 4.79 Å². The Labute approximate surface area is 128 Å². The molecule has 3 atom stereocenters. The average molecular weight is 307 g/mol. The lowest BCUT2D eigenvalue weighted by atomic mass is 10.1. The Morgan fingerprint density at radius 1 is 1.43 bits per heavy atom. The number of ether oxygens (including phenoxy) is 1. The van der Waals surface area contributed by atoms with Gasteiger partial charge >= 0.3 is 0 Å². The van der Waals surface area contributed by atoms with Crippen LogP contribution in [0.5, 0.6) is 0 Å². The zero-order valence-corrected chi connectivity index (χ0v) is 12.9. The van der Waals surface area contributed by atoms with Crippen molar-refractivity contribution in [2.75, 3.05) is 39.4 Å². The van der Waals surface area contributed by atoms with Crippen molar-refractivity contribution >= 4 is 17.2 Å². The third kappa shape index (κ3) is 2.60. The highest BCUT2D eigenvalue weighted by Crippen LogP contribution is 2.33. The van der Waals surface area contributed by atoms with Crippen LogP contribution in [0, 0.1) is 11.8 Å². The van der Waals surface area contributed by atoms with Crippen LogP contribution in [0.25, 0.3) is 0 Å². The highest BCUT2D eigenvalue weighted by atomic mass is 32.1. The Morgan fingerprint density at radius 2 is 2.38 bits per heavy atom. The summed E-state index contributed by atoms with van der Waals surface area (Å²) in [6, 6.07) is 0.390. The van der Waals surface area contributed by atoms with E-state index in [1.165, 1.54) is 17.8 Å². The van der Waals surface area contributed by atoms with E-state index < -0.39 is 0 Å². The maximum absolute atomic E-state index is 12.5. The third-order valence-electron chi connectivity index (χ3n) is 5.08. The van der Waals surface area contributed by atoms with Crippen LogP contribution in [0.15, 0.2) is 10.9 Å². The molecule has 5 nitrogen and oxygen atoms in total. The molecular weight excluding hydrogens is 286 g/mol. The summed E-state index contributed by atoms with van der Waals surface area (Å²) in [7, 11) is 0. The molecule has 1 amide bonds. The van der Waals surface area contributed by atoms with Gasteiger partial charge in [0.05, 0.1) is 12.1 Å². The zero-order valence-electron chi connectivity index (χ0n) is 12.1. The van der Waals surface area contributed by atoms with Crippen molar-refractivity contribution in [1.82, 2.24) is 14.8 Å². The third-order valence-corrected chi connectivity index (χ3v) is 5.66. The van der Waals surface area contributed by atoms with Crippen LogP contribution in [0.4, 0.5) is 0 Å². The summed E-state index contributed by atoms with van der Waals surface area (Å²) in [5, 5.41) is 1.86. The molecule has 0 spiro atoms. The highest BCUT2D eigenvalue weighted by Gasteiger charge is 2.44. The molecule has 0 bridgehead atoms. The number of carbonyl (C=O) groups is 1. The predicted molar refractivity (Wildman–Crippen MR) is 80.4 cm³/mol.